The van der Waals surface area contributed by atoms with E-state index in [9.17, 15) is 0 Å². The summed E-state index contributed by atoms with van der Waals surface area (Å²) in [5.41, 5.74) is 0. The number of hydrogen-bond acceptors (Lipinski definition) is 3. The quantitative estimate of drug-likeness (QED) is 0.506. The van der Waals surface area contributed by atoms with Crippen molar-refractivity contribution in [3.05, 3.63) is 0 Å². The van der Waals surface area contributed by atoms with Crippen LogP contribution in [0.4, 0.5) is 0 Å². The van der Waals surface area contributed by atoms with Gasteiger partial charge in [0.05, 0.1) is 6.01 Å². The van der Waals surface area contributed by atoms with Crippen LogP contribution in [-0.2, 0) is 0 Å². The van der Waals surface area contributed by atoms with Gasteiger partial charge < -0.3 is 4.90 Å². The first kappa shape index (κ1) is 14.2. The van der Waals surface area contributed by atoms with Gasteiger partial charge in [-0.25, -0.2) is 10.4 Å². The molecule has 0 saturated heterocycles. The number of halogens is 1. The van der Waals surface area contributed by atoms with Gasteiger partial charge in [0, 0.05) is 6.54 Å². The summed E-state index contributed by atoms with van der Waals surface area (Å²) in [6.07, 6.45) is 3.50. The van der Waals surface area contributed by atoms with E-state index in [-0.39, 0.29) is 12.4 Å². The molecule has 0 aromatic rings. The molecule has 0 rings (SSSR count). The predicted octanol–water partition coefficient (Wildman–Crippen LogP) is 1.89. The van der Waals surface area contributed by atoms with Gasteiger partial charge in [0.25, 0.3) is 0 Å². The van der Waals surface area contributed by atoms with Gasteiger partial charge in [-0.2, -0.15) is 0 Å². The summed E-state index contributed by atoms with van der Waals surface area (Å²) in [5, 5.41) is 6.53. The molecule has 0 unspecified atom stereocenters. The molecule has 1 N–H and O–H groups in total. The molecule has 0 fully saturated rings. The monoisotopic (exact) mass is 191 g/mol. The van der Waals surface area contributed by atoms with E-state index in [0.717, 1.165) is 19.5 Å². The Morgan fingerprint density at radius 3 is 2.42 bits per heavy atom. The van der Waals surface area contributed by atoms with Gasteiger partial charge in [-0.05, 0) is 33.5 Å². The Morgan fingerprint density at radius 1 is 1.25 bits per heavy atom. The van der Waals surface area contributed by atoms with Crippen LogP contribution in [0.1, 0.15) is 19.3 Å². The highest BCUT2D eigenvalue weighted by Gasteiger charge is 1.89. The van der Waals surface area contributed by atoms with E-state index in [4.69, 9.17) is 5.41 Å². The van der Waals surface area contributed by atoms with Crippen molar-refractivity contribution in [3.8, 4) is 0 Å². The fraction of sp³-hybridized carbons (Fsp3) is 0.875. The summed E-state index contributed by atoms with van der Waals surface area (Å²) in [4.78, 5) is 5.87. The molecule has 0 aliphatic rings. The number of nitrogens with one attached hydrogen (secondary N) is 1. The molecular weight excluding hydrogens is 174 g/mol. The summed E-state index contributed by atoms with van der Waals surface area (Å²) >= 11 is 0. The van der Waals surface area contributed by atoms with E-state index in [0.29, 0.717) is 0 Å². The van der Waals surface area contributed by atoms with Crippen LogP contribution in [0, 0.1) is 5.41 Å². The lowest BCUT2D eigenvalue weighted by atomic mass is 10.2. The lowest BCUT2D eigenvalue weighted by Gasteiger charge is -2.07. The van der Waals surface area contributed by atoms with Crippen molar-refractivity contribution in [2.45, 2.75) is 19.3 Å². The first-order chi connectivity index (χ1) is 5.27. The molecule has 0 heterocycles. The van der Waals surface area contributed by atoms with Crippen molar-refractivity contribution in [3.63, 3.8) is 0 Å². The third-order valence-corrected chi connectivity index (χ3v) is 1.45. The van der Waals surface area contributed by atoms with E-state index in [1.807, 2.05) is 6.01 Å². The summed E-state index contributed by atoms with van der Waals surface area (Å²) in [6, 6.07) is 2.03. The maximum Gasteiger partial charge on any atom is 0.0861 e. The van der Waals surface area contributed by atoms with E-state index < -0.39 is 0 Å². The van der Waals surface area contributed by atoms with Crippen molar-refractivity contribution in [1.29, 1.82) is 5.41 Å². The average molecular weight is 192 g/mol. The lowest BCUT2D eigenvalue weighted by Crippen LogP contribution is -2.12. The molecule has 0 amide bonds. The normalized spacial score (nSPS) is 8.92. The Bertz CT molecular complexity index is 130. The first-order valence-corrected chi connectivity index (χ1v) is 4.00. The fourth-order valence-corrected chi connectivity index (χ4v) is 0.852. The number of unbranched alkanes of at least 4 members (excludes halogenated alkanes) is 2. The zero-order valence-corrected chi connectivity index (χ0v) is 8.65. The standard InChI is InChI=1S/C8H17N3.ClH/c1-11(2)7-5-3-4-6-10-8-9;/h9H,3-7H2,1-2H3;1H. The largest absolute Gasteiger partial charge is 0.309 e. The van der Waals surface area contributed by atoms with E-state index >= 15 is 0 Å². The summed E-state index contributed by atoms with van der Waals surface area (Å²) < 4.78 is 0. The van der Waals surface area contributed by atoms with Crippen molar-refractivity contribution >= 4 is 18.4 Å². The minimum atomic E-state index is 0. The molecule has 12 heavy (non-hydrogen) atoms. The third kappa shape index (κ3) is 12.3. The molecular formula is C8H18ClN3. The van der Waals surface area contributed by atoms with Crippen LogP contribution < -0.4 is 0 Å². The highest BCUT2D eigenvalue weighted by atomic mass is 35.5. The van der Waals surface area contributed by atoms with Gasteiger partial charge in [0.15, 0.2) is 0 Å². The Balaban J connectivity index is 0. The van der Waals surface area contributed by atoms with Crippen molar-refractivity contribution in [1.82, 2.24) is 4.90 Å². The van der Waals surface area contributed by atoms with Crippen LogP contribution in [-0.4, -0.2) is 38.1 Å². The van der Waals surface area contributed by atoms with Gasteiger partial charge in [-0.3, -0.25) is 0 Å². The second-order valence-corrected chi connectivity index (χ2v) is 2.86. The minimum absolute atomic E-state index is 0. The van der Waals surface area contributed by atoms with Gasteiger partial charge in [0.2, 0.25) is 0 Å². The zero-order valence-electron chi connectivity index (χ0n) is 7.84. The SMILES string of the molecule is CN(C)CCCCCN=C=N.Cl. The molecule has 0 aromatic heterocycles. The number of rotatable bonds is 6. The zero-order chi connectivity index (χ0) is 8.53. The second-order valence-electron chi connectivity index (χ2n) is 2.86. The Morgan fingerprint density at radius 2 is 1.92 bits per heavy atom. The minimum Gasteiger partial charge on any atom is -0.309 e. The number of aliphatic imine (C=N–C) groups is 1. The smallest absolute Gasteiger partial charge is 0.0861 e. The van der Waals surface area contributed by atoms with Crippen LogP contribution in [0.3, 0.4) is 0 Å². The maximum absolute atomic E-state index is 6.53. The van der Waals surface area contributed by atoms with Gasteiger partial charge >= 0.3 is 0 Å². The highest BCUT2D eigenvalue weighted by Crippen LogP contribution is 1.95. The predicted molar refractivity (Wildman–Crippen MR) is 54.7 cm³/mol. The molecule has 0 radical (unpaired) electrons. The van der Waals surface area contributed by atoms with Crippen LogP contribution in [0.5, 0.6) is 0 Å². The van der Waals surface area contributed by atoms with Crippen LogP contribution in [0.25, 0.3) is 0 Å². The summed E-state index contributed by atoms with van der Waals surface area (Å²) in [5.74, 6) is 0. The molecule has 0 bridgehead atoms. The van der Waals surface area contributed by atoms with Gasteiger partial charge in [-0.1, -0.05) is 6.42 Å². The van der Waals surface area contributed by atoms with Crippen LogP contribution >= 0.6 is 12.4 Å². The number of hydrogen-bond donors (Lipinski definition) is 1. The lowest BCUT2D eigenvalue weighted by molar-refractivity contribution is 0.392. The molecule has 0 atom stereocenters. The van der Waals surface area contributed by atoms with Crippen molar-refractivity contribution < 1.29 is 0 Å². The molecule has 3 nitrogen and oxygen atoms in total. The molecule has 0 aliphatic heterocycles. The molecule has 0 saturated carbocycles. The molecule has 0 aliphatic carbocycles. The second kappa shape index (κ2) is 10.6. The maximum atomic E-state index is 6.53. The third-order valence-electron chi connectivity index (χ3n) is 1.45. The van der Waals surface area contributed by atoms with E-state index in [2.05, 4.69) is 24.0 Å². The Hall–Kier alpha value is -0.370. The average Bonchev–Trinajstić information content (AvgIpc) is 1.96. The van der Waals surface area contributed by atoms with Gasteiger partial charge in [-0.15, -0.1) is 12.4 Å². The van der Waals surface area contributed by atoms with E-state index in [1.54, 1.807) is 0 Å². The molecule has 4 heteroatoms. The first-order valence-electron chi connectivity index (χ1n) is 4.00. The highest BCUT2D eigenvalue weighted by molar-refractivity contribution is 5.85. The fourth-order valence-electron chi connectivity index (χ4n) is 0.852. The van der Waals surface area contributed by atoms with Crippen LogP contribution in [0.2, 0.25) is 0 Å². The van der Waals surface area contributed by atoms with E-state index in [1.165, 1.54) is 12.8 Å². The molecule has 0 spiro atoms. The summed E-state index contributed by atoms with van der Waals surface area (Å²) in [7, 11) is 4.16. The Labute approximate surface area is 80.8 Å². The molecule has 0 aromatic carbocycles. The van der Waals surface area contributed by atoms with Crippen LogP contribution in [0.15, 0.2) is 4.99 Å². The van der Waals surface area contributed by atoms with Crippen molar-refractivity contribution in [2.24, 2.45) is 4.99 Å². The Kier molecular flexibility index (Phi) is 12.6. The van der Waals surface area contributed by atoms with Crippen molar-refractivity contribution in [2.75, 3.05) is 27.2 Å². The van der Waals surface area contributed by atoms with Gasteiger partial charge in [0.1, 0.15) is 0 Å². The molecule has 72 valence electrons. The topological polar surface area (TPSA) is 39.5 Å². The number of nitrogens with zero attached hydrogens (tertiary/aromatic N) is 2. The summed E-state index contributed by atoms with van der Waals surface area (Å²) in [6.45, 7) is 1.91.